The van der Waals surface area contributed by atoms with Gasteiger partial charge in [-0.15, -0.1) is 0 Å². The molecule has 0 aromatic heterocycles. The lowest BCUT2D eigenvalue weighted by atomic mass is 9.78. The van der Waals surface area contributed by atoms with Crippen LogP contribution in [0.25, 0.3) is 6.08 Å². The van der Waals surface area contributed by atoms with Gasteiger partial charge in [-0.05, 0) is 24.9 Å². The Morgan fingerprint density at radius 3 is 2.07 bits per heavy atom. The van der Waals surface area contributed by atoms with Gasteiger partial charge in [-0.1, -0.05) is 36.9 Å². The van der Waals surface area contributed by atoms with E-state index < -0.39 is 0 Å². The Labute approximate surface area is 92.1 Å². The minimum absolute atomic E-state index is 0.251. The minimum atomic E-state index is -0.251. The van der Waals surface area contributed by atoms with Gasteiger partial charge in [-0.25, -0.2) is 0 Å². The highest BCUT2D eigenvalue weighted by Crippen LogP contribution is 2.00. The largest absolute Gasteiger partial charge is 0.493 e. The van der Waals surface area contributed by atoms with E-state index in [9.17, 15) is 0 Å². The molecule has 0 fully saturated rings. The average Bonchev–Trinajstić information content (AvgIpc) is 2.29. The van der Waals surface area contributed by atoms with Gasteiger partial charge in [0.25, 0.3) is 0 Å². The van der Waals surface area contributed by atoms with Crippen molar-refractivity contribution < 1.29 is 9.31 Å². The zero-order valence-corrected chi connectivity index (χ0v) is 9.40. The SMILES string of the molecule is C=Cc1ccc(B(OCC)OCC)cc1. The molecule has 0 heterocycles. The predicted molar refractivity (Wildman–Crippen MR) is 65.2 cm³/mol. The van der Waals surface area contributed by atoms with Crippen molar-refractivity contribution in [2.45, 2.75) is 13.8 Å². The highest BCUT2D eigenvalue weighted by Gasteiger charge is 2.19. The first-order valence-electron chi connectivity index (χ1n) is 5.27. The zero-order valence-electron chi connectivity index (χ0n) is 9.40. The van der Waals surface area contributed by atoms with E-state index in [0.717, 1.165) is 11.0 Å². The lowest BCUT2D eigenvalue weighted by molar-refractivity contribution is 0.225. The van der Waals surface area contributed by atoms with E-state index in [1.807, 2.05) is 44.2 Å². The fourth-order valence-electron chi connectivity index (χ4n) is 1.33. The van der Waals surface area contributed by atoms with E-state index >= 15 is 0 Å². The lowest BCUT2D eigenvalue weighted by Gasteiger charge is -2.12. The van der Waals surface area contributed by atoms with Gasteiger partial charge in [0.1, 0.15) is 0 Å². The molecule has 0 bridgehead atoms. The van der Waals surface area contributed by atoms with Crippen LogP contribution in [0.5, 0.6) is 0 Å². The molecule has 1 rings (SSSR count). The van der Waals surface area contributed by atoms with Crippen LogP contribution in [0.4, 0.5) is 0 Å². The van der Waals surface area contributed by atoms with Gasteiger partial charge in [0, 0.05) is 13.2 Å². The van der Waals surface area contributed by atoms with Crippen molar-refractivity contribution in [3.63, 3.8) is 0 Å². The molecule has 0 aliphatic rings. The van der Waals surface area contributed by atoms with Gasteiger partial charge in [0.05, 0.1) is 0 Å². The first-order valence-corrected chi connectivity index (χ1v) is 5.27. The number of hydrogen-bond acceptors (Lipinski definition) is 2. The van der Waals surface area contributed by atoms with E-state index in [2.05, 4.69) is 6.58 Å². The molecule has 3 heteroatoms. The maximum absolute atomic E-state index is 5.49. The smallest absolute Gasteiger partial charge is 0.408 e. The number of hydrogen-bond donors (Lipinski definition) is 0. The Morgan fingerprint density at radius 2 is 1.67 bits per heavy atom. The molecule has 0 saturated carbocycles. The van der Waals surface area contributed by atoms with E-state index in [0.29, 0.717) is 13.2 Å². The van der Waals surface area contributed by atoms with Gasteiger partial charge in [0.15, 0.2) is 0 Å². The van der Waals surface area contributed by atoms with Gasteiger partial charge in [0.2, 0.25) is 0 Å². The maximum atomic E-state index is 5.49. The first kappa shape index (κ1) is 12.0. The van der Waals surface area contributed by atoms with Crippen LogP contribution in [0.3, 0.4) is 0 Å². The van der Waals surface area contributed by atoms with Crippen molar-refractivity contribution in [2.75, 3.05) is 13.2 Å². The normalized spacial score (nSPS) is 10.0. The van der Waals surface area contributed by atoms with Crippen molar-refractivity contribution in [2.24, 2.45) is 0 Å². The fourth-order valence-corrected chi connectivity index (χ4v) is 1.33. The third kappa shape index (κ3) is 3.53. The summed E-state index contributed by atoms with van der Waals surface area (Å²) in [5.41, 5.74) is 2.15. The molecular weight excluding hydrogens is 187 g/mol. The molecule has 0 saturated heterocycles. The second kappa shape index (κ2) is 6.43. The van der Waals surface area contributed by atoms with Gasteiger partial charge >= 0.3 is 7.12 Å². The van der Waals surface area contributed by atoms with Crippen molar-refractivity contribution >= 4 is 18.7 Å². The first-order chi connectivity index (χ1) is 7.31. The summed E-state index contributed by atoms with van der Waals surface area (Å²) in [4.78, 5) is 0. The van der Waals surface area contributed by atoms with E-state index in [1.165, 1.54) is 0 Å². The summed E-state index contributed by atoms with van der Waals surface area (Å²) in [7, 11) is -0.251. The van der Waals surface area contributed by atoms with Gasteiger partial charge in [-0.2, -0.15) is 0 Å². The summed E-state index contributed by atoms with van der Waals surface area (Å²) < 4.78 is 11.0. The summed E-state index contributed by atoms with van der Waals surface area (Å²) in [6.45, 7) is 8.93. The second-order valence-electron chi connectivity index (χ2n) is 3.11. The Bertz CT molecular complexity index is 289. The third-order valence-corrected chi connectivity index (χ3v) is 2.08. The Balaban J connectivity index is 2.76. The summed E-state index contributed by atoms with van der Waals surface area (Å²) in [5.74, 6) is 0. The summed E-state index contributed by atoms with van der Waals surface area (Å²) >= 11 is 0. The number of rotatable bonds is 6. The molecule has 0 N–H and O–H groups in total. The Hall–Kier alpha value is -1.06. The van der Waals surface area contributed by atoms with Crippen LogP contribution in [-0.2, 0) is 9.31 Å². The molecule has 0 amide bonds. The van der Waals surface area contributed by atoms with E-state index in [4.69, 9.17) is 9.31 Å². The zero-order chi connectivity index (χ0) is 11.1. The molecule has 0 spiro atoms. The topological polar surface area (TPSA) is 18.5 Å². The Kier molecular flexibility index (Phi) is 5.15. The standard InChI is InChI=1S/C12H17BO2/c1-4-11-7-9-12(10-8-11)13(14-5-2)15-6-3/h4,7-10H,1,5-6H2,2-3H3. The molecule has 0 unspecified atom stereocenters. The molecule has 1 aromatic rings. The minimum Gasteiger partial charge on any atom is -0.408 e. The third-order valence-electron chi connectivity index (χ3n) is 2.08. The predicted octanol–water partition coefficient (Wildman–Crippen LogP) is 2.10. The molecule has 0 radical (unpaired) electrons. The lowest BCUT2D eigenvalue weighted by Crippen LogP contribution is -2.36. The monoisotopic (exact) mass is 204 g/mol. The molecule has 0 aliphatic heterocycles. The van der Waals surface area contributed by atoms with Crippen LogP contribution in [0, 0.1) is 0 Å². The molecule has 1 aromatic carbocycles. The van der Waals surface area contributed by atoms with E-state index in [1.54, 1.807) is 0 Å². The van der Waals surface area contributed by atoms with Crippen LogP contribution < -0.4 is 5.46 Å². The van der Waals surface area contributed by atoms with Crippen molar-refractivity contribution in [3.05, 3.63) is 36.4 Å². The quantitative estimate of drug-likeness (QED) is 0.660. The second-order valence-corrected chi connectivity index (χ2v) is 3.11. The summed E-state index contributed by atoms with van der Waals surface area (Å²) in [6.07, 6.45) is 1.82. The van der Waals surface area contributed by atoms with Crippen molar-refractivity contribution in [1.29, 1.82) is 0 Å². The van der Waals surface area contributed by atoms with Gasteiger partial charge in [-0.3, -0.25) is 0 Å². The molecule has 80 valence electrons. The molecule has 2 nitrogen and oxygen atoms in total. The van der Waals surface area contributed by atoms with Crippen LogP contribution in [0.1, 0.15) is 19.4 Å². The fraction of sp³-hybridized carbons (Fsp3) is 0.333. The van der Waals surface area contributed by atoms with Crippen LogP contribution >= 0.6 is 0 Å². The van der Waals surface area contributed by atoms with Crippen LogP contribution in [0.2, 0.25) is 0 Å². The molecular formula is C12H17BO2. The Morgan fingerprint density at radius 1 is 1.13 bits per heavy atom. The van der Waals surface area contributed by atoms with Crippen LogP contribution in [-0.4, -0.2) is 20.3 Å². The van der Waals surface area contributed by atoms with Gasteiger partial charge < -0.3 is 9.31 Å². The molecule has 0 aliphatic carbocycles. The molecule has 0 atom stereocenters. The van der Waals surface area contributed by atoms with Crippen molar-refractivity contribution in [3.8, 4) is 0 Å². The highest BCUT2D eigenvalue weighted by molar-refractivity contribution is 6.61. The average molecular weight is 204 g/mol. The summed E-state index contributed by atoms with van der Waals surface area (Å²) in [6, 6.07) is 8.03. The highest BCUT2D eigenvalue weighted by atomic mass is 16.6. The molecule has 15 heavy (non-hydrogen) atoms. The van der Waals surface area contributed by atoms with Crippen LogP contribution in [0.15, 0.2) is 30.8 Å². The van der Waals surface area contributed by atoms with E-state index in [-0.39, 0.29) is 7.12 Å². The van der Waals surface area contributed by atoms with Crippen molar-refractivity contribution in [1.82, 2.24) is 0 Å². The number of benzene rings is 1. The summed E-state index contributed by atoms with van der Waals surface area (Å²) in [5, 5.41) is 0. The maximum Gasteiger partial charge on any atom is 0.493 e.